The van der Waals surface area contributed by atoms with Crippen LogP contribution in [0.25, 0.3) is 0 Å². The summed E-state index contributed by atoms with van der Waals surface area (Å²) in [6.07, 6.45) is -0.519. The molecule has 14 heavy (non-hydrogen) atoms. The summed E-state index contributed by atoms with van der Waals surface area (Å²) in [5.74, 6) is 0. The highest BCUT2D eigenvalue weighted by molar-refractivity contribution is 5.69. The minimum atomic E-state index is -0.519. The van der Waals surface area contributed by atoms with E-state index in [1.54, 1.807) is 31.2 Å². The predicted octanol–water partition coefficient (Wildman–Crippen LogP) is 1.34. The van der Waals surface area contributed by atoms with Gasteiger partial charge in [0.05, 0.1) is 12.3 Å². The summed E-state index contributed by atoms with van der Waals surface area (Å²) in [5.41, 5.74) is 11.9. The minimum absolute atomic E-state index is 0.338. The molecule has 0 bridgehead atoms. The maximum absolute atomic E-state index is 10.9. The second-order valence-electron chi connectivity index (χ2n) is 2.60. The molecule has 1 aromatic rings. The number of nitrogen functional groups attached to an aromatic ring is 1. The monoisotopic (exact) mass is 195 g/mol. The van der Waals surface area contributed by atoms with Gasteiger partial charge >= 0.3 is 6.09 Å². The molecule has 1 amide bonds. The SMILES string of the molecule is CCOC(=O)NNc1cccc(N)c1. The van der Waals surface area contributed by atoms with E-state index in [1.807, 2.05) is 0 Å². The topological polar surface area (TPSA) is 76.4 Å². The van der Waals surface area contributed by atoms with Gasteiger partial charge in [0.25, 0.3) is 0 Å². The van der Waals surface area contributed by atoms with Gasteiger partial charge in [-0.3, -0.25) is 5.43 Å². The van der Waals surface area contributed by atoms with Crippen molar-refractivity contribution >= 4 is 17.5 Å². The molecule has 1 rings (SSSR count). The Labute approximate surface area is 82.2 Å². The van der Waals surface area contributed by atoms with Gasteiger partial charge in [0.15, 0.2) is 0 Å². The standard InChI is InChI=1S/C9H13N3O2/c1-2-14-9(13)12-11-8-5-3-4-7(10)6-8/h3-6,11H,2,10H2,1H3,(H,12,13). The number of anilines is 2. The molecule has 0 unspecified atom stereocenters. The summed E-state index contributed by atoms with van der Waals surface area (Å²) < 4.78 is 4.65. The Bertz CT molecular complexity index is 315. The number of hydrogen-bond donors (Lipinski definition) is 3. The molecule has 0 aromatic heterocycles. The molecule has 0 radical (unpaired) electrons. The highest BCUT2D eigenvalue weighted by Crippen LogP contribution is 2.10. The first-order valence-corrected chi connectivity index (χ1v) is 4.26. The van der Waals surface area contributed by atoms with Gasteiger partial charge in [0.1, 0.15) is 0 Å². The van der Waals surface area contributed by atoms with Crippen molar-refractivity contribution < 1.29 is 9.53 Å². The lowest BCUT2D eigenvalue weighted by molar-refractivity contribution is 0.154. The number of benzene rings is 1. The first kappa shape index (κ1) is 10.2. The number of ether oxygens (including phenoxy) is 1. The van der Waals surface area contributed by atoms with Crippen molar-refractivity contribution in [2.75, 3.05) is 17.8 Å². The molecule has 5 nitrogen and oxygen atoms in total. The van der Waals surface area contributed by atoms with Gasteiger partial charge in [0.2, 0.25) is 0 Å². The largest absolute Gasteiger partial charge is 0.449 e. The van der Waals surface area contributed by atoms with Gasteiger partial charge in [-0.25, -0.2) is 10.2 Å². The van der Waals surface area contributed by atoms with Crippen LogP contribution < -0.4 is 16.6 Å². The fourth-order valence-corrected chi connectivity index (χ4v) is 0.907. The van der Waals surface area contributed by atoms with Crippen LogP contribution in [0.3, 0.4) is 0 Å². The van der Waals surface area contributed by atoms with E-state index in [4.69, 9.17) is 5.73 Å². The smallest absolute Gasteiger partial charge is 0.425 e. The quantitative estimate of drug-likeness (QED) is 0.502. The third kappa shape index (κ3) is 3.22. The van der Waals surface area contributed by atoms with Crippen molar-refractivity contribution in [3.8, 4) is 0 Å². The maximum Gasteiger partial charge on any atom is 0.425 e. The molecule has 0 aliphatic rings. The van der Waals surface area contributed by atoms with Crippen molar-refractivity contribution in [1.29, 1.82) is 0 Å². The third-order valence-corrected chi connectivity index (χ3v) is 1.47. The molecule has 0 spiro atoms. The van der Waals surface area contributed by atoms with Gasteiger partial charge in [-0.2, -0.15) is 0 Å². The first-order valence-electron chi connectivity index (χ1n) is 4.26. The second kappa shape index (κ2) is 4.96. The Hall–Kier alpha value is -1.91. The highest BCUT2D eigenvalue weighted by Gasteiger charge is 1.98. The van der Waals surface area contributed by atoms with Crippen molar-refractivity contribution in [2.24, 2.45) is 0 Å². The highest BCUT2D eigenvalue weighted by atomic mass is 16.5. The number of hydrogen-bond acceptors (Lipinski definition) is 4. The van der Waals surface area contributed by atoms with Crippen LogP contribution in [0.4, 0.5) is 16.2 Å². The molecular weight excluding hydrogens is 182 g/mol. The average Bonchev–Trinajstić information content (AvgIpc) is 2.15. The Morgan fingerprint density at radius 1 is 1.57 bits per heavy atom. The Morgan fingerprint density at radius 2 is 2.36 bits per heavy atom. The summed E-state index contributed by atoms with van der Waals surface area (Å²) in [6, 6.07) is 7.02. The average molecular weight is 195 g/mol. The van der Waals surface area contributed by atoms with Crippen LogP contribution in [0.15, 0.2) is 24.3 Å². The van der Waals surface area contributed by atoms with E-state index >= 15 is 0 Å². The fraction of sp³-hybridized carbons (Fsp3) is 0.222. The first-order chi connectivity index (χ1) is 6.72. The number of nitrogens with one attached hydrogen (secondary N) is 2. The van der Waals surface area contributed by atoms with Crippen LogP contribution in [0.1, 0.15) is 6.92 Å². The van der Waals surface area contributed by atoms with Crippen molar-refractivity contribution in [3.63, 3.8) is 0 Å². The Balaban J connectivity index is 2.41. The number of hydrazine groups is 1. The zero-order valence-electron chi connectivity index (χ0n) is 7.91. The molecule has 0 fully saturated rings. The van der Waals surface area contributed by atoms with Crippen LogP contribution in [0, 0.1) is 0 Å². The molecule has 0 saturated carbocycles. The zero-order chi connectivity index (χ0) is 10.4. The van der Waals surface area contributed by atoms with E-state index in [0.717, 1.165) is 0 Å². The van der Waals surface area contributed by atoms with Gasteiger partial charge in [-0.15, -0.1) is 0 Å². The van der Waals surface area contributed by atoms with Crippen molar-refractivity contribution in [1.82, 2.24) is 5.43 Å². The number of carbonyl (C=O) groups is 1. The van der Waals surface area contributed by atoms with E-state index in [0.29, 0.717) is 18.0 Å². The number of carbonyl (C=O) groups excluding carboxylic acids is 1. The third-order valence-electron chi connectivity index (χ3n) is 1.47. The van der Waals surface area contributed by atoms with Crippen LogP contribution >= 0.6 is 0 Å². The number of nitrogens with two attached hydrogens (primary N) is 1. The summed E-state index contributed by atoms with van der Waals surface area (Å²) in [4.78, 5) is 10.9. The Morgan fingerprint density at radius 3 is 3.00 bits per heavy atom. The van der Waals surface area contributed by atoms with Crippen LogP contribution in [0.2, 0.25) is 0 Å². The second-order valence-corrected chi connectivity index (χ2v) is 2.60. The van der Waals surface area contributed by atoms with E-state index in [-0.39, 0.29) is 0 Å². The number of rotatable bonds is 3. The van der Waals surface area contributed by atoms with Gasteiger partial charge < -0.3 is 10.5 Å². The van der Waals surface area contributed by atoms with Gasteiger partial charge in [-0.05, 0) is 25.1 Å². The molecule has 1 aromatic carbocycles. The van der Waals surface area contributed by atoms with Crippen LogP contribution in [-0.2, 0) is 4.74 Å². The molecule has 0 aliphatic heterocycles. The molecule has 4 N–H and O–H groups in total. The molecular formula is C9H13N3O2. The lowest BCUT2D eigenvalue weighted by atomic mass is 10.3. The Kier molecular flexibility index (Phi) is 3.60. The summed E-state index contributed by atoms with van der Waals surface area (Å²) >= 11 is 0. The normalized spacial score (nSPS) is 9.21. The van der Waals surface area contributed by atoms with E-state index < -0.39 is 6.09 Å². The molecule has 0 atom stereocenters. The maximum atomic E-state index is 10.9. The van der Waals surface area contributed by atoms with Gasteiger partial charge in [-0.1, -0.05) is 6.07 Å². The molecule has 0 saturated heterocycles. The van der Waals surface area contributed by atoms with E-state index in [2.05, 4.69) is 15.6 Å². The van der Waals surface area contributed by atoms with Crippen molar-refractivity contribution in [2.45, 2.75) is 6.92 Å². The molecule has 0 heterocycles. The fourth-order valence-electron chi connectivity index (χ4n) is 0.907. The van der Waals surface area contributed by atoms with Gasteiger partial charge in [0, 0.05) is 5.69 Å². The van der Waals surface area contributed by atoms with Crippen LogP contribution in [-0.4, -0.2) is 12.7 Å². The summed E-state index contributed by atoms with van der Waals surface area (Å²) in [6.45, 7) is 2.07. The van der Waals surface area contributed by atoms with E-state index in [1.165, 1.54) is 0 Å². The van der Waals surface area contributed by atoms with Crippen LogP contribution in [0.5, 0.6) is 0 Å². The zero-order valence-corrected chi connectivity index (χ0v) is 7.91. The van der Waals surface area contributed by atoms with Crippen molar-refractivity contribution in [3.05, 3.63) is 24.3 Å². The molecule has 76 valence electrons. The van der Waals surface area contributed by atoms with E-state index in [9.17, 15) is 4.79 Å². The molecule has 5 heteroatoms. The summed E-state index contributed by atoms with van der Waals surface area (Å²) in [5, 5.41) is 0. The lowest BCUT2D eigenvalue weighted by Gasteiger charge is -2.08. The minimum Gasteiger partial charge on any atom is -0.449 e. The summed E-state index contributed by atoms with van der Waals surface area (Å²) in [7, 11) is 0. The molecule has 0 aliphatic carbocycles. The number of amides is 1. The predicted molar refractivity (Wildman–Crippen MR) is 54.6 cm³/mol. The lowest BCUT2D eigenvalue weighted by Crippen LogP contribution is -2.29.